The van der Waals surface area contributed by atoms with Gasteiger partial charge >= 0.3 is 11.9 Å². The number of hydrogen-bond acceptors (Lipinski definition) is 8. The van der Waals surface area contributed by atoms with Crippen LogP contribution in [0.25, 0.3) is 6.08 Å². The quantitative estimate of drug-likeness (QED) is 0.569. The Kier molecular flexibility index (Phi) is 6.15. The minimum atomic E-state index is -0.965. The Balaban J connectivity index is 2.17. The lowest BCUT2D eigenvalue weighted by molar-refractivity contribution is -0.148. The van der Waals surface area contributed by atoms with E-state index in [0.29, 0.717) is 28.2 Å². The van der Waals surface area contributed by atoms with Gasteiger partial charge in [-0.05, 0) is 41.5 Å². The third-order valence-corrected chi connectivity index (χ3v) is 4.82. The molecule has 30 heavy (non-hydrogen) atoms. The second-order valence-corrected chi connectivity index (χ2v) is 6.47. The van der Waals surface area contributed by atoms with Crippen molar-refractivity contribution in [2.75, 3.05) is 28.4 Å². The van der Waals surface area contributed by atoms with Gasteiger partial charge < -0.3 is 28.8 Å². The van der Waals surface area contributed by atoms with Crippen molar-refractivity contribution >= 4 is 18.0 Å². The van der Waals surface area contributed by atoms with Gasteiger partial charge in [0.2, 0.25) is 6.10 Å². The lowest BCUT2D eigenvalue weighted by Gasteiger charge is -2.18. The summed E-state index contributed by atoms with van der Waals surface area (Å²) in [6.45, 7) is 0. The Bertz CT molecular complexity index is 995. The van der Waals surface area contributed by atoms with E-state index < -0.39 is 24.0 Å². The summed E-state index contributed by atoms with van der Waals surface area (Å²) in [5, 5.41) is 9.95. The highest BCUT2D eigenvalue weighted by atomic mass is 16.6. The van der Waals surface area contributed by atoms with E-state index in [9.17, 15) is 14.7 Å². The van der Waals surface area contributed by atoms with E-state index in [2.05, 4.69) is 4.74 Å². The van der Waals surface area contributed by atoms with Crippen LogP contribution < -0.4 is 14.2 Å². The summed E-state index contributed by atoms with van der Waals surface area (Å²) < 4.78 is 26.2. The average Bonchev–Trinajstić information content (AvgIpc) is 3.16. The molecule has 0 bridgehead atoms. The highest BCUT2D eigenvalue weighted by Crippen LogP contribution is 2.49. The Labute approximate surface area is 173 Å². The normalized spacial score (nSPS) is 17.2. The molecular weight excluding hydrogens is 392 g/mol. The van der Waals surface area contributed by atoms with Crippen LogP contribution in [-0.4, -0.2) is 51.6 Å². The van der Waals surface area contributed by atoms with Crippen molar-refractivity contribution in [2.24, 2.45) is 0 Å². The summed E-state index contributed by atoms with van der Waals surface area (Å²) in [6, 6.07) is 8.29. The van der Waals surface area contributed by atoms with Crippen molar-refractivity contribution in [2.45, 2.75) is 12.0 Å². The first-order chi connectivity index (χ1) is 14.4. The number of ether oxygens (including phenoxy) is 5. The zero-order chi connectivity index (χ0) is 21.8. The topological polar surface area (TPSA) is 101 Å². The molecule has 1 heterocycles. The van der Waals surface area contributed by atoms with Gasteiger partial charge in [0.25, 0.3) is 0 Å². The van der Waals surface area contributed by atoms with Crippen LogP contribution in [0.15, 0.2) is 36.4 Å². The highest BCUT2D eigenvalue weighted by Gasteiger charge is 2.43. The van der Waals surface area contributed by atoms with Gasteiger partial charge in [0.1, 0.15) is 0 Å². The first-order valence-corrected chi connectivity index (χ1v) is 9.02. The van der Waals surface area contributed by atoms with Crippen LogP contribution in [0.4, 0.5) is 0 Å². The van der Waals surface area contributed by atoms with Crippen molar-refractivity contribution in [1.29, 1.82) is 0 Å². The molecule has 0 amide bonds. The van der Waals surface area contributed by atoms with E-state index in [1.165, 1.54) is 40.6 Å². The average molecular weight is 414 g/mol. The molecule has 2 aromatic carbocycles. The van der Waals surface area contributed by atoms with E-state index in [1.807, 2.05) is 0 Å². The van der Waals surface area contributed by atoms with Crippen LogP contribution in [0.1, 0.15) is 22.6 Å². The van der Waals surface area contributed by atoms with Crippen LogP contribution >= 0.6 is 0 Å². The molecule has 0 saturated heterocycles. The van der Waals surface area contributed by atoms with Crippen LogP contribution in [-0.2, 0) is 19.1 Å². The van der Waals surface area contributed by atoms with E-state index in [4.69, 9.17) is 18.9 Å². The number of benzene rings is 2. The van der Waals surface area contributed by atoms with Crippen LogP contribution in [0.3, 0.4) is 0 Å². The van der Waals surface area contributed by atoms with Crippen LogP contribution in [0.2, 0.25) is 0 Å². The van der Waals surface area contributed by atoms with Gasteiger partial charge in [0.05, 0.1) is 34.4 Å². The zero-order valence-electron chi connectivity index (χ0n) is 17.0. The minimum absolute atomic E-state index is 0.0256. The fraction of sp³-hybridized carbons (Fsp3) is 0.273. The van der Waals surface area contributed by atoms with Gasteiger partial charge in [0.15, 0.2) is 23.0 Å². The molecule has 0 radical (unpaired) electrons. The number of aromatic hydroxyl groups is 1. The summed E-state index contributed by atoms with van der Waals surface area (Å²) in [6.07, 6.45) is 1.90. The fourth-order valence-electron chi connectivity index (χ4n) is 3.38. The molecule has 2 aromatic rings. The maximum atomic E-state index is 12.5. The standard InChI is InChI=1S/C22H22O8/c1-26-16-11-13(6-7-15(16)23)19-14-9-12(5-8-18(24)28-3)10-17(27-2)20(14)30-21(19)22(25)29-4/h5-11,19,21,23H,1-4H3/t19-,21-/m1/s1. The SMILES string of the molecule is COC(=O)C=Cc1cc(OC)c2c(c1)[C@@H](c1ccc(O)c(OC)c1)[C@H](C(=O)OC)O2. The lowest BCUT2D eigenvalue weighted by Crippen LogP contribution is -2.30. The Morgan fingerprint density at radius 2 is 1.73 bits per heavy atom. The zero-order valence-corrected chi connectivity index (χ0v) is 17.0. The Morgan fingerprint density at radius 3 is 2.37 bits per heavy atom. The molecule has 0 saturated carbocycles. The van der Waals surface area contributed by atoms with Gasteiger partial charge in [-0.25, -0.2) is 9.59 Å². The molecule has 0 spiro atoms. The van der Waals surface area contributed by atoms with Crippen LogP contribution in [0.5, 0.6) is 23.0 Å². The number of fused-ring (bicyclic) bond motifs is 1. The van der Waals surface area contributed by atoms with Gasteiger partial charge in [-0.15, -0.1) is 0 Å². The summed E-state index contributed by atoms with van der Waals surface area (Å²) in [4.78, 5) is 24.0. The maximum absolute atomic E-state index is 12.5. The number of carbonyl (C=O) groups is 2. The third-order valence-electron chi connectivity index (χ3n) is 4.82. The number of rotatable bonds is 6. The molecular formula is C22H22O8. The molecule has 8 nitrogen and oxygen atoms in total. The number of hydrogen-bond donors (Lipinski definition) is 1. The molecule has 1 N–H and O–H groups in total. The minimum Gasteiger partial charge on any atom is -0.504 e. The number of esters is 2. The van der Waals surface area contributed by atoms with Gasteiger partial charge in [-0.2, -0.15) is 0 Å². The van der Waals surface area contributed by atoms with Crippen molar-refractivity contribution in [3.8, 4) is 23.0 Å². The summed E-state index contributed by atoms with van der Waals surface area (Å²) in [7, 11) is 5.50. The lowest BCUT2D eigenvalue weighted by atomic mass is 9.87. The second-order valence-electron chi connectivity index (χ2n) is 6.47. The predicted molar refractivity (Wildman–Crippen MR) is 107 cm³/mol. The third kappa shape index (κ3) is 3.89. The highest BCUT2D eigenvalue weighted by molar-refractivity contribution is 5.87. The molecule has 3 rings (SSSR count). The molecule has 0 fully saturated rings. The Morgan fingerprint density at radius 1 is 1.00 bits per heavy atom. The van der Waals surface area contributed by atoms with Gasteiger partial charge in [-0.1, -0.05) is 6.07 Å². The van der Waals surface area contributed by atoms with Crippen molar-refractivity contribution in [3.05, 3.63) is 53.1 Å². The molecule has 0 aromatic heterocycles. The van der Waals surface area contributed by atoms with Crippen molar-refractivity contribution < 1.29 is 38.4 Å². The number of methoxy groups -OCH3 is 4. The molecule has 1 aliphatic heterocycles. The summed E-state index contributed by atoms with van der Waals surface area (Å²) >= 11 is 0. The second kappa shape index (κ2) is 8.77. The van der Waals surface area contributed by atoms with Gasteiger partial charge in [-0.3, -0.25) is 0 Å². The van der Waals surface area contributed by atoms with E-state index in [0.717, 1.165) is 0 Å². The smallest absolute Gasteiger partial charge is 0.348 e. The summed E-state index contributed by atoms with van der Waals surface area (Å²) in [5.41, 5.74) is 2.00. The number of carbonyl (C=O) groups excluding carboxylic acids is 2. The first-order valence-electron chi connectivity index (χ1n) is 9.02. The summed E-state index contributed by atoms with van der Waals surface area (Å²) in [5.74, 6) is -0.572. The van der Waals surface area contributed by atoms with E-state index >= 15 is 0 Å². The molecule has 2 atom stereocenters. The first kappa shape index (κ1) is 21.0. The molecule has 1 aliphatic rings. The van der Waals surface area contributed by atoms with Crippen molar-refractivity contribution in [3.63, 3.8) is 0 Å². The monoisotopic (exact) mass is 414 g/mol. The molecule has 0 unspecified atom stereocenters. The van der Waals surface area contributed by atoms with Crippen molar-refractivity contribution in [1.82, 2.24) is 0 Å². The van der Waals surface area contributed by atoms with E-state index in [-0.39, 0.29) is 11.5 Å². The fourth-order valence-corrected chi connectivity index (χ4v) is 3.38. The Hall–Kier alpha value is -3.68. The molecule has 158 valence electrons. The maximum Gasteiger partial charge on any atom is 0.348 e. The molecule has 8 heteroatoms. The number of phenolic OH excluding ortho intramolecular Hbond substituents is 1. The molecule has 0 aliphatic carbocycles. The largest absolute Gasteiger partial charge is 0.504 e. The predicted octanol–water partition coefficient (Wildman–Crippen LogP) is 2.66. The van der Waals surface area contributed by atoms with Crippen LogP contribution in [0, 0.1) is 0 Å². The van der Waals surface area contributed by atoms with Gasteiger partial charge in [0, 0.05) is 11.6 Å². The van der Waals surface area contributed by atoms with E-state index in [1.54, 1.807) is 30.3 Å². The number of phenols is 1.